The van der Waals surface area contributed by atoms with Crippen molar-refractivity contribution >= 4 is 16.0 Å². The summed E-state index contributed by atoms with van der Waals surface area (Å²) in [6.45, 7) is 4.05. The molecule has 0 saturated carbocycles. The molecule has 0 aromatic heterocycles. The summed E-state index contributed by atoms with van der Waals surface area (Å²) in [5, 5.41) is 0. The zero-order valence-electron chi connectivity index (χ0n) is 13.7. The van der Waals surface area contributed by atoms with Crippen LogP contribution in [0.4, 0.5) is 4.39 Å². The number of ketones is 1. The number of benzene rings is 1. The van der Waals surface area contributed by atoms with Gasteiger partial charge in [-0.2, -0.15) is 17.0 Å². The molecule has 5 nitrogen and oxygen atoms in total. The molecule has 7 heteroatoms. The lowest BCUT2D eigenvalue weighted by Crippen LogP contribution is -2.47. The van der Waals surface area contributed by atoms with Crippen molar-refractivity contribution < 1.29 is 17.6 Å². The lowest BCUT2D eigenvalue weighted by molar-refractivity contribution is 0.0960. The fraction of sp³-hybridized carbons (Fsp3) is 0.562. The van der Waals surface area contributed by atoms with E-state index < -0.39 is 16.0 Å². The molecule has 0 amide bonds. The molecule has 0 radical (unpaired) electrons. The summed E-state index contributed by atoms with van der Waals surface area (Å²) >= 11 is 0. The first-order valence-electron chi connectivity index (χ1n) is 7.77. The maximum atomic E-state index is 12.9. The summed E-state index contributed by atoms with van der Waals surface area (Å²) in [6, 6.07) is 4.87. The molecule has 1 aliphatic rings. The van der Waals surface area contributed by atoms with Gasteiger partial charge in [-0.15, -0.1) is 0 Å². The second-order valence-electron chi connectivity index (χ2n) is 6.16. The standard InChI is InChI=1S/C16H23FN2O3S/c1-12(2)18(3)23(21,22)19-10-4-5-15(19)11-16(20)13-6-8-14(17)9-7-13/h6-9,12,15H,4-5,10-11H2,1-3H3/t15-/m1/s1. The van der Waals surface area contributed by atoms with E-state index in [1.807, 2.05) is 13.8 Å². The molecule has 1 aromatic carbocycles. The predicted molar refractivity (Wildman–Crippen MR) is 86.9 cm³/mol. The summed E-state index contributed by atoms with van der Waals surface area (Å²) < 4.78 is 41.0. The van der Waals surface area contributed by atoms with Crippen LogP contribution < -0.4 is 0 Å². The third-order valence-corrected chi connectivity index (χ3v) is 6.52. The fourth-order valence-electron chi connectivity index (χ4n) is 2.72. The van der Waals surface area contributed by atoms with Gasteiger partial charge in [-0.25, -0.2) is 4.39 Å². The van der Waals surface area contributed by atoms with Gasteiger partial charge in [0.15, 0.2) is 5.78 Å². The molecule has 1 heterocycles. The second-order valence-corrected chi connectivity index (χ2v) is 8.10. The summed E-state index contributed by atoms with van der Waals surface area (Å²) in [5.41, 5.74) is 0.410. The van der Waals surface area contributed by atoms with Gasteiger partial charge in [-0.3, -0.25) is 4.79 Å². The first-order valence-corrected chi connectivity index (χ1v) is 9.16. The first kappa shape index (κ1) is 18.0. The molecule has 1 aliphatic heterocycles. The normalized spacial score (nSPS) is 19.7. The number of carbonyl (C=O) groups is 1. The molecular weight excluding hydrogens is 319 g/mol. The molecule has 128 valence electrons. The number of nitrogens with zero attached hydrogens (tertiary/aromatic N) is 2. The minimum absolute atomic E-state index is 0.122. The smallest absolute Gasteiger partial charge is 0.282 e. The van der Waals surface area contributed by atoms with Crippen LogP contribution in [0, 0.1) is 5.82 Å². The number of carbonyl (C=O) groups excluding carboxylic acids is 1. The minimum atomic E-state index is -3.57. The topological polar surface area (TPSA) is 57.7 Å². The SMILES string of the molecule is CC(C)N(C)S(=O)(=O)N1CCC[C@@H]1CC(=O)c1ccc(F)cc1. The van der Waals surface area contributed by atoms with Crippen LogP contribution in [-0.2, 0) is 10.2 Å². The van der Waals surface area contributed by atoms with E-state index in [2.05, 4.69) is 0 Å². The molecule has 1 saturated heterocycles. The zero-order chi connectivity index (χ0) is 17.2. The predicted octanol–water partition coefficient (Wildman–Crippen LogP) is 2.45. The number of Topliss-reactive ketones (excluding diaryl/α,β-unsaturated/α-hetero) is 1. The largest absolute Gasteiger partial charge is 0.294 e. The van der Waals surface area contributed by atoms with Crippen LogP contribution in [0.3, 0.4) is 0 Å². The molecule has 23 heavy (non-hydrogen) atoms. The maximum absolute atomic E-state index is 12.9. The van der Waals surface area contributed by atoms with E-state index >= 15 is 0 Å². The van der Waals surface area contributed by atoms with E-state index in [4.69, 9.17) is 0 Å². The van der Waals surface area contributed by atoms with Crippen LogP contribution in [-0.4, -0.2) is 48.5 Å². The van der Waals surface area contributed by atoms with Crippen molar-refractivity contribution in [3.8, 4) is 0 Å². The molecular formula is C16H23FN2O3S. The molecule has 0 bridgehead atoms. The zero-order valence-corrected chi connectivity index (χ0v) is 14.5. The Morgan fingerprint density at radius 1 is 1.35 bits per heavy atom. The van der Waals surface area contributed by atoms with Crippen LogP contribution in [0.2, 0.25) is 0 Å². The highest BCUT2D eigenvalue weighted by Crippen LogP contribution is 2.27. The van der Waals surface area contributed by atoms with Crippen LogP contribution in [0.15, 0.2) is 24.3 Å². The van der Waals surface area contributed by atoms with Crippen molar-refractivity contribution in [1.82, 2.24) is 8.61 Å². The molecule has 1 aromatic rings. The van der Waals surface area contributed by atoms with Crippen LogP contribution >= 0.6 is 0 Å². The average molecular weight is 342 g/mol. The first-order chi connectivity index (χ1) is 10.7. The Kier molecular flexibility index (Phi) is 5.54. The van der Waals surface area contributed by atoms with Gasteiger partial charge in [0.05, 0.1) is 0 Å². The number of rotatable bonds is 6. The number of hydrogen-bond acceptors (Lipinski definition) is 3. The van der Waals surface area contributed by atoms with Crippen molar-refractivity contribution in [2.75, 3.05) is 13.6 Å². The fourth-order valence-corrected chi connectivity index (χ4v) is 4.50. The Bertz CT molecular complexity index is 658. The van der Waals surface area contributed by atoms with Gasteiger partial charge in [0.2, 0.25) is 0 Å². The summed E-state index contributed by atoms with van der Waals surface area (Å²) in [7, 11) is -2.01. The highest BCUT2D eigenvalue weighted by Gasteiger charge is 2.38. The Morgan fingerprint density at radius 3 is 2.52 bits per heavy atom. The van der Waals surface area contributed by atoms with Gasteiger partial charge in [-0.1, -0.05) is 0 Å². The van der Waals surface area contributed by atoms with Crippen molar-refractivity contribution in [1.29, 1.82) is 0 Å². The summed E-state index contributed by atoms with van der Waals surface area (Å²) in [4.78, 5) is 12.3. The minimum Gasteiger partial charge on any atom is -0.294 e. The maximum Gasteiger partial charge on any atom is 0.282 e. The van der Waals surface area contributed by atoms with Crippen molar-refractivity contribution in [2.45, 2.75) is 45.2 Å². The Morgan fingerprint density at radius 2 is 1.96 bits per heavy atom. The number of halogens is 1. The summed E-state index contributed by atoms with van der Waals surface area (Å²) in [5.74, 6) is -0.561. The van der Waals surface area contributed by atoms with Crippen LogP contribution in [0.25, 0.3) is 0 Å². The highest BCUT2D eigenvalue weighted by molar-refractivity contribution is 7.86. The Hall–Kier alpha value is -1.31. The lowest BCUT2D eigenvalue weighted by Gasteiger charge is -2.30. The second kappa shape index (κ2) is 7.07. The lowest BCUT2D eigenvalue weighted by atomic mass is 10.0. The third-order valence-electron chi connectivity index (χ3n) is 4.30. The van der Waals surface area contributed by atoms with Crippen molar-refractivity contribution in [3.63, 3.8) is 0 Å². The van der Waals surface area contributed by atoms with Crippen LogP contribution in [0.5, 0.6) is 0 Å². The van der Waals surface area contributed by atoms with Gasteiger partial charge in [0.25, 0.3) is 10.2 Å². The van der Waals surface area contributed by atoms with E-state index in [1.165, 1.54) is 32.9 Å². The summed E-state index contributed by atoms with van der Waals surface area (Å²) in [6.07, 6.45) is 1.53. The van der Waals surface area contributed by atoms with Gasteiger partial charge >= 0.3 is 0 Å². The van der Waals surface area contributed by atoms with Crippen molar-refractivity contribution in [2.24, 2.45) is 0 Å². The average Bonchev–Trinajstić information content (AvgIpc) is 2.95. The Balaban J connectivity index is 2.13. The highest BCUT2D eigenvalue weighted by atomic mass is 32.2. The molecule has 0 spiro atoms. The number of hydrogen-bond donors (Lipinski definition) is 0. The van der Waals surface area contributed by atoms with Crippen molar-refractivity contribution in [3.05, 3.63) is 35.6 Å². The molecule has 2 rings (SSSR count). The van der Waals surface area contributed by atoms with E-state index in [9.17, 15) is 17.6 Å². The van der Waals surface area contributed by atoms with E-state index in [-0.39, 0.29) is 24.3 Å². The molecule has 0 unspecified atom stereocenters. The van der Waals surface area contributed by atoms with Crippen LogP contribution in [0.1, 0.15) is 43.5 Å². The molecule has 1 fully saturated rings. The third kappa shape index (κ3) is 3.97. The van der Waals surface area contributed by atoms with Gasteiger partial charge in [-0.05, 0) is 51.0 Å². The van der Waals surface area contributed by atoms with E-state index in [0.717, 1.165) is 6.42 Å². The van der Waals surface area contributed by atoms with E-state index in [1.54, 1.807) is 7.05 Å². The van der Waals surface area contributed by atoms with Gasteiger partial charge in [0, 0.05) is 37.7 Å². The van der Waals surface area contributed by atoms with E-state index in [0.29, 0.717) is 18.5 Å². The Labute approximate surface area is 137 Å². The quantitative estimate of drug-likeness (QED) is 0.746. The van der Waals surface area contributed by atoms with Gasteiger partial charge < -0.3 is 0 Å². The van der Waals surface area contributed by atoms with Gasteiger partial charge in [0.1, 0.15) is 5.82 Å². The molecule has 1 atom stereocenters. The monoisotopic (exact) mass is 342 g/mol. The molecule has 0 aliphatic carbocycles. The molecule has 0 N–H and O–H groups in total.